The molecule has 1 aromatic heterocycles. The number of aliphatic hydroxyl groups is 1. The molecule has 0 fully saturated rings. The molecule has 4 nitrogen and oxygen atoms in total. The van der Waals surface area contributed by atoms with E-state index in [4.69, 9.17) is 9.52 Å². The van der Waals surface area contributed by atoms with Gasteiger partial charge in [-0.25, -0.2) is 0 Å². The van der Waals surface area contributed by atoms with Crippen molar-refractivity contribution < 1.29 is 14.3 Å². The van der Waals surface area contributed by atoms with Crippen molar-refractivity contribution in [3.05, 3.63) is 48.2 Å². The number of nitrogens with one attached hydrogen (secondary N) is 1. The van der Waals surface area contributed by atoms with E-state index in [1.54, 1.807) is 26.0 Å². The maximum absolute atomic E-state index is 11.9. The Kier molecular flexibility index (Phi) is 3.71. The molecule has 0 aliphatic carbocycles. The number of aliphatic hydroxyl groups excluding tert-OH is 1. The van der Waals surface area contributed by atoms with Gasteiger partial charge in [-0.15, -0.1) is 0 Å². The van der Waals surface area contributed by atoms with Crippen molar-refractivity contribution in [2.24, 2.45) is 0 Å². The summed E-state index contributed by atoms with van der Waals surface area (Å²) < 4.78 is 5.53. The van der Waals surface area contributed by atoms with Gasteiger partial charge in [-0.3, -0.25) is 4.79 Å². The SMILES string of the molecule is CC(C)(CO)NC(=O)c1ccc(-c2ccccc2)o1. The second-order valence-corrected chi connectivity index (χ2v) is 5.03. The van der Waals surface area contributed by atoms with Crippen LogP contribution in [0.2, 0.25) is 0 Å². The molecule has 1 heterocycles. The van der Waals surface area contributed by atoms with E-state index >= 15 is 0 Å². The van der Waals surface area contributed by atoms with Crippen LogP contribution in [-0.2, 0) is 0 Å². The molecule has 100 valence electrons. The van der Waals surface area contributed by atoms with Gasteiger partial charge in [-0.2, -0.15) is 0 Å². The van der Waals surface area contributed by atoms with E-state index in [-0.39, 0.29) is 18.3 Å². The normalized spacial score (nSPS) is 11.3. The van der Waals surface area contributed by atoms with Gasteiger partial charge in [0.15, 0.2) is 5.76 Å². The number of carbonyl (C=O) groups excluding carboxylic acids is 1. The van der Waals surface area contributed by atoms with E-state index < -0.39 is 5.54 Å². The smallest absolute Gasteiger partial charge is 0.287 e. The monoisotopic (exact) mass is 259 g/mol. The minimum Gasteiger partial charge on any atom is -0.451 e. The van der Waals surface area contributed by atoms with Crippen LogP contribution in [0.3, 0.4) is 0 Å². The summed E-state index contributed by atoms with van der Waals surface area (Å²) in [7, 11) is 0. The molecular weight excluding hydrogens is 242 g/mol. The zero-order valence-corrected chi connectivity index (χ0v) is 11.0. The molecular formula is C15H17NO3. The van der Waals surface area contributed by atoms with Gasteiger partial charge in [-0.05, 0) is 26.0 Å². The molecule has 2 N–H and O–H groups in total. The highest BCUT2D eigenvalue weighted by Gasteiger charge is 2.22. The molecule has 19 heavy (non-hydrogen) atoms. The van der Waals surface area contributed by atoms with E-state index in [0.717, 1.165) is 5.56 Å². The molecule has 0 spiro atoms. The average molecular weight is 259 g/mol. The van der Waals surface area contributed by atoms with E-state index in [0.29, 0.717) is 5.76 Å². The highest BCUT2D eigenvalue weighted by Crippen LogP contribution is 2.21. The lowest BCUT2D eigenvalue weighted by Crippen LogP contribution is -2.46. The molecule has 0 saturated heterocycles. The van der Waals surface area contributed by atoms with Gasteiger partial charge < -0.3 is 14.8 Å². The van der Waals surface area contributed by atoms with Crippen molar-refractivity contribution in [3.63, 3.8) is 0 Å². The summed E-state index contributed by atoms with van der Waals surface area (Å²) in [5.41, 5.74) is 0.250. The van der Waals surface area contributed by atoms with Crippen LogP contribution < -0.4 is 5.32 Å². The Morgan fingerprint density at radius 3 is 2.53 bits per heavy atom. The minimum atomic E-state index is -0.670. The summed E-state index contributed by atoms with van der Waals surface area (Å²) in [5, 5.41) is 11.8. The predicted molar refractivity (Wildman–Crippen MR) is 72.8 cm³/mol. The molecule has 0 unspecified atom stereocenters. The second-order valence-electron chi connectivity index (χ2n) is 5.03. The largest absolute Gasteiger partial charge is 0.451 e. The van der Waals surface area contributed by atoms with Gasteiger partial charge in [0.05, 0.1) is 12.1 Å². The van der Waals surface area contributed by atoms with Crippen LogP contribution in [0.15, 0.2) is 46.9 Å². The molecule has 0 saturated carbocycles. The Hall–Kier alpha value is -2.07. The average Bonchev–Trinajstić information content (AvgIpc) is 2.89. The van der Waals surface area contributed by atoms with Crippen molar-refractivity contribution >= 4 is 5.91 Å². The molecule has 0 radical (unpaired) electrons. The summed E-state index contributed by atoms with van der Waals surface area (Å²) in [6.45, 7) is 3.35. The Labute approximate surface area is 112 Å². The van der Waals surface area contributed by atoms with Crippen LogP contribution in [0, 0.1) is 0 Å². The maximum Gasteiger partial charge on any atom is 0.287 e. The topological polar surface area (TPSA) is 62.5 Å². The van der Waals surface area contributed by atoms with Crippen LogP contribution in [-0.4, -0.2) is 23.2 Å². The first kappa shape index (κ1) is 13.4. The highest BCUT2D eigenvalue weighted by molar-refractivity contribution is 5.92. The summed E-state index contributed by atoms with van der Waals surface area (Å²) in [6.07, 6.45) is 0. The first-order chi connectivity index (χ1) is 9.02. The van der Waals surface area contributed by atoms with Crippen LogP contribution in [0.5, 0.6) is 0 Å². The fraction of sp³-hybridized carbons (Fsp3) is 0.267. The molecule has 0 atom stereocenters. The molecule has 2 rings (SSSR count). The Bertz CT molecular complexity index is 558. The zero-order chi connectivity index (χ0) is 13.9. The summed E-state index contributed by atoms with van der Waals surface area (Å²) in [5.74, 6) is 0.550. The lowest BCUT2D eigenvalue weighted by Gasteiger charge is -2.22. The molecule has 1 amide bonds. The highest BCUT2D eigenvalue weighted by atomic mass is 16.4. The molecule has 0 bridgehead atoms. The first-order valence-electron chi connectivity index (χ1n) is 6.10. The van der Waals surface area contributed by atoms with Crippen LogP contribution in [0.25, 0.3) is 11.3 Å². The Balaban J connectivity index is 2.16. The summed E-state index contributed by atoms with van der Waals surface area (Å²) >= 11 is 0. The van der Waals surface area contributed by atoms with Crippen LogP contribution in [0.1, 0.15) is 24.4 Å². The number of hydrogen-bond acceptors (Lipinski definition) is 3. The van der Waals surface area contributed by atoms with Crippen molar-refractivity contribution in [1.82, 2.24) is 5.32 Å². The third kappa shape index (κ3) is 3.23. The van der Waals surface area contributed by atoms with E-state index in [1.807, 2.05) is 30.3 Å². The Morgan fingerprint density at radius 1 is 1.21 bits per heavy atom. The van der Waals surface area contributed by atoms with Gasteiger partial charge in [-0.1, -0.05) is 30.3 Å². The van der Waals surface area contributed by atoms with Crippen LogP contribution in [0.4, 0.5) is 0 Å². The number of hydrogen-bond donors (Lipinski definition) is 2. The third-order valence-electron chi connectivity index (χ3n) is 2.74. The fourth-order valence-corrected chi connectivity index (χ4v) is 1.63. The molecule has 1 aromatic carbocycles. The standard InChI is InChI=1S/C15H17NO3/c1-15(2,10-17)16-14(18)13-9-8-12(19-13)11-6-4-3-5-7-11/h3-9,17H,10H2,1-2H3,(H,16,18). The quantitative estimate of drug-likeness (QED) is 0.886. The number of benzene rings is 1. The maximum atomic E-state index is 11.9. The molecule has 4 heteroatoms. The minimum absolute atomic E-state index is 0.134. The van der Waals surface area contributed by atoms with Crippen LogP contribution >= 0.6 is 0 Å². The van der Waals surface area contributed by atoms with Gasteiger partial charge >= 0.3 is 0 Å². The zero-order valence-electron chi connectivity index (χ0n) is 11.0. The molecule has 0 aliphatic rings. The van der Waals surface area contributed by atoms with Gasteiger partial charge in [0.1, 0.15) is 5.76 Å². The number of furan rings is 1. The van der Waals surface area contributed by atoms with Gasteiger partial charge in [0, 0.05) is 5.56 Å². The summed E-state index contributed by atoms with van der Waals surface area (Å²) in [4.78, 5) is 11.9. The van der Waals surface area contributed by atoms with Crippen molar-refractivity contribution in [3.8, 4) is 11.3 Å². The molecule has 0 aliphatic heterocycles. The number of rotatable bonds is 4. The van der Waals surface area contributed by atoms with E-state index in [1.165, 1.54) is 0 Å². The molecule has 2 aromatic rings. The summed E-state index contributed by atoms with van der Waals surface area (Å²) in [6, 6.07) is 13.0. The lowest BCUT2D eigenvalue weighted by atomic mass is 10.1. The predicted octanol–water partition coefficient (Wildman–Crippen LogP) is 2.45. The van der Waals surface area contributed by atoms with Crippen molar-refractivity contribution in [2.75, 3.05) is 6.61 Å². The number of carbonyl (C=O) groups is 1. The second kappa shape index (κ2) is 5.28. The lowest BCUT2D eigenvalue weighted by molar-refractivity contribution is 0.0842. The third-order valence-corrected chi connectivity index (χ3v) is 2.74. The van der Waals surface area contributed by atoms with E-state index in [2.05, 4.69) is 5.32 Å². The van der Waals surface area contributed by atoms with Crippen molar-refractivity contribution in [2.45, 2.75) is 19.4 Å². The van der Waals surface area contributed by atoms with Gasteiger partial charge in [0.2, 0.25) is 0 Å². The van der Waals surface area contributed by atoms with E-state index in [9.17, 15) is 4.79 Å². The van der Waals surface area contributed by atoms with Crippen molar-refractivity contribution in [1.29, 1.82) is 0 Å². The fourth-order valence-electron chi connectivity index (χ4n) is 1.63. The Morgan fingerprint density at radius 2 is 1.89 bits per heavy atom. The first-order valence-corrected chi connectivity index (χ1v) is 6.10. The number of amides is 1. The van der Waals surface area contributed by atoms with Gasteiger partial charge in [0.25, 0.3) is 5.91 Å².